The summed E-state index contributed by atoms with van der Waals surface area (Å²) in [7, 11) is -2.38. The Morgan fingerprint density at radius 2 is 1.09 bits per heavy atom. The van der Waals surface area contributed by atoms with Gasteiger partial charge in [-0.1, -0.05) is 0 Å². The zero-order valence-corrected chi connectivity index (χ0v) is 24.4. The number of hydrogen-bond acceptors (Lipinski definition) is 0. The van der Waals surface area contributed by atoms with Crippen molar-refractivity contribution in [2.45, 2.75) is 40.5 Å². The van der Waals surface area contributed by atoms with Crippen molar-refractivity contribution in [2.24, 2.45) is 0 Å². The van der Waals surface area contributed by atoms with Crippen molar-refractivity contribution in [3.8, 4) is 0 Å². The molecule has 1 aliphatic carbocycles. The minimum Gasteiger partial charge on any atom is -1.00 e. The molecule has 0 fully saturated rings. The molecular weight excluding hydrogens is 519 g/mol. The summed E-state index contributed by atoms with van der Waals surface area (Å²) in [5.74, 6) is 0. The molecule has 0 aromatic heterocycles. The van der Waals surface area contributed by atoms with Gasteiger partial charge in [-0.25, -0.2) is 0 Å². The Bertz CT molecular complexity index is 1060. The number of rotatable bonds is 5. The van der Waals surface area contributed by atoms with Gasteiger partial charge in [-0.05, 0) is 0 Å². The second kappa shape index (κ2) is 12.6. The molecule has 170 valence electrons. The van der Waals surface area contributed by atoms with Crippen LogP contribution in [0, 0.1) is 20.8 Å². The summed E-state index contributed by atoms with van der Waals surface area (Å²) in [6.07, 6.45) is 4.65. The standard InChI is InChI=1S/C28H29Si.3ClH.Ti/c1-5-24-15-16-28(20-24)29(25-12-6-9-21(2)17-25,26-13-7-10-22(3)18-26)27-14-8-11-23(4)19-27;;;;/h6-15,17-19H,5,16H2,1-4H3;3*1H;/q;;;;+3/p-3. The summed E-state index contributed by atoms with van der Waals surface area (Å²) in [5.41, 5.74) is 5.54. The fourth-order valence-corrected chi connectivity index (χ4v) is 11.8. The van der Waals surface area contributed by atoms with Crippen LogP contribution in [-0.2, 0) is 20.4 Å². The summed E-state index contributed by atoms with van der Waals surface area (Å²) in [4.78, 5) is 0. The van der Waals surface area contributed by atoms with Crippen LogP contribution in [0.1, 0.15) is 36.5 Å². The van der Waals surface area contributed by atoms with Crippen LogP contribution in [0.3, 0.4) is 0 Å². The number of allylic oxidation sites excluding steroid dienone is 4. The molecule has 0 bridgehead atoms. The van der Waals surface area contributed by atoms with Crippen molar-refractivity contribution in [1.29, 1.82) is 0 Å². The van der Waals surface area contributed by atoms with Crippen molar-refractivity contribution in [3.63, 3.8) is 0 Å². The molecule has 0 amide bonds. The molecule has 5 heteroatoms. The molecule has 0 nitrogen and oxygen atoms in total. The molecule has 3 aromatic rings. The van der Waals surface area contributed by atoms with E-state index in [1.165, 1.54) is 41.7 Å². The average Bonchev–Trinajstić information content (AvgIpc) is 3.10. The van der Waals surface area contributed by atoms with E-state index in [1.807, 2.05) is 0 Å². The minimum atomic E-state index is -2.38. The Labute approximate surface area is 230 Å². The first-order valence-corrected chi connectivity index (χ1v) is 13.6. The molecule has 0 saturated heterocycles. The van der Waals surface area contributed by atoms with Gasteiger partial charge in [-0.3, -0.25) is 0 Å². The van der Waals surface area contributed by atoms with Gasteiger partial charge in [0.1, 0.15) is 0 Å². The van der Waals surface area contributed by atoms with E-state index >= 15 is 0 Å². The molecule has 0 saturated carbocycles. The van der Waals surface area contributed by atoms with Crippen LogP contribution in [0.5, 0.6) is 0 Å². The third-order valence-corrected chi connectivity index (χ3v) is 12.6. The average molecular weight is 548 g/mol. The topological polar surface area (TPSA) is 0 Å². The summed E-state index contributed by atoms with van der Waals surface area (Å²) >= 11 is 2.36. The van der Waals surface area contributed by atoms with Crippen molar-refractivity contribution in [2.75, 3.05) is 0 Å². The van der Waals surface area contributed by atoms with Crippen LogP contribution < -0.4 is 52.8 Å². The maximum Gasteiger partial charge on any atom is -1.00 e. The van der Waals surface area contributed by atoms with Gasteiger partial charge in [0.25, 0.3) is 0 Å². The maximum atomic E-state index is 2.48. The smallest absolute Gasteiger partial charge is 1.00 e. The van der Waals surface area contributed by atoms with E-state index in [0.29, 0.717) is 0 Å². The Kier molecular flexibility index (Phi) is 11.4. The monoisotopic (exact) mass is 546 g/mol. The zero-order valence-electron chi connectivity index (χ0n) is 19.6. The van der Waals surface area contributed by atoms with E-state index in [4.69, 9.17) is 0 Å². The Balaban J connectivity index is 0.00000181. The Hall–Kier alpha value is -1.06. The molecule has 0 radical (unpaired) electrons. The van der Waals surface area contributed by atoms with Gasteiger partial charge in [-0.15, -0.1) is 0 Å². The second-order valence-electron chi connectivity index (χ2n) is 8.50. The van der Waals surface area contributed by atoms with Gasteiger partial charge in [0.15, 0.2) is 0 Å². The van der Waals surface area contributed by atoms with Gasteiger partial charge < -0.3 is 37.2 Å². The largest absolute Gasteiger partial charge is 1.00 e. The van der Waals surface area contributed by atoms with Crippen LogP contribution >= 0.6 is 0 Å². The number of halogens is 3. The number of hydrogen-bond donors (Lipinski definition) is 0. The van der Waals surface area contributed by atoms with E-state index < -0.39 is 8.07 Å². The first kappa shape index (κ1) is 30.0. The molecular formula is C28H29Cl3SiTi. The van der Waals surface area contributed by atoms with Gasteiger partial charge in [0.2, 0.25) is 0 Å². The normalized spacial score (nSPS) is 13.0. The summed E-state index contributed by atoms with van der Waals surface area (Å²) in [6, 6.07) is 27.9. The number of benzene rings is 3. The molecule has 1 aliphatic rings. The van der Waals surface area contributed by atoms with Gasteiger partial charge in [-0.2, -0.15) is 0 Å². The van der Waals surface area contributed by atoms with E-state index in [2.05, 4.69) is 127 Å². The van der Waals surface area contributed by atoms with Crippen LogP contribution in [0.15, 0.2) is 93.5 Å². The van der Waals surface area contributed by atoms with Crippen molar-refractivity contribution in [3.05, 3.63) is 110 Å². The molecule has 0 N–H and O–H groups in total. The van der Waals surface area contributed by atoms with Crippen LogP contribution in [0.4, 0.5) is 0 Å². The maximum absolute atomic E-state index is 2.48. The number of aryl methyl sites for hydroxylation is 3. The first-order valence-electron chi connectivity index (χ1n) is 10.8. The van der Waals surface area contributed by atoms with Crippen LogP contribution in [0.2, 0.25) is 0 Å². The van der Waals surface area contributed by atoms with Crippen molar-refractivity contribution < 1.29 is 57.7 Å². The molecule has 3 aromatic carbocycles. The molecule has 0 spiro atoms. The SMILES string of the molecule is CCC1=CCC([Si](c2cccc(C)c2)(c2cccc(C)c2)c2cccc(C)c2)=[C]1[Ti+3].[Cl-].[Cl-].[Cl-]. The van der Waals surface area contributed by atoms with Gasteiger partial charge in [0, 0.05) is 0 Å². The second-order valence-corrected chi connectivity index (χ2v) is 13.1. The molecule has 33 heavy (non-hydrogen) atoms. The predicted octanol–water partition coefficient (Wildman–Crippen LogP) is -3.83. The molecule has 0 aliphatic heterocycles. The van der Waals surface area contributed by atoms with E-state index in [-0.39, 0.29) is 37.2 Å². The van der Waals surface area contributed by atoms with Crippen molar-refractivity contribution in [1.82, 2.24) is 0 Å². The van der Waals surface area contributed by atoms with Crippen LogP contribution in [0.25, 0.3) is 0 Å². The molecule has 0 atom stereocenters. The summed E-state index contributed by atoms with van der Waals surface area (Å²) in [6.45, 7) is 8.95. The van der Waals surface area contributed by atoms with E-state index in [0.717, 1.165) is 12.8 Å². The summed E-state index contributed by atoms with van der Waals surface area (Å²) in [5, 5.41) is 6.15. The molecule has 4 rings (SSSR count). The Morgan fingerprint density at radius 1 is 0.697 bits per heavy atom. The zero-order chi connectivity index (χ0) is 21.3. The predicted molar refractivity (Wildman–Crippen MR) is 128 cm³/mol. The third kappa shape index (κ3) is 5.61. The quantitative estimate of drug-likeness (QED) is 0.227. The third-order valence-electron chi connectivity index (χ3n) is 6.36. The van der Waals surface area contributed by atoms with Crippen molar-refractivity contribution >= 4 is 23.6 Å². The van der Waals surface area contributed by atoms with E-state index in [9.17, 15) is 0 Å². The molecule has 0 unspecified atom stereocenters. The van der Waals surface area contributed by atoms with Gasteiger partial charge in [0.05, 0.1) is 0 Å². The first-order chi connectivity index (χ1) is 14.5. The molecule has 0 heterocycles. The minimum absolute atomic E-state index is 0. The Morgan fingerprint density at radius 3 is 1.39 bits per heavy atom. The summed E-state index contributed by atoms with van der Waals surface area (Å²) < 4.78 is 1.52. The van der Waals surface area contributed by atoms with Crippen LogP contribution in [-0.4, -0.2) is 8.07 Å². The van der Waals surface area contributed by atoms with E-state index in [1.54, 1.807) is 5.20 Å². The fourth-order valence-electron chi connectivity index (χ4n) is 4.94. The van der Waals surface area contributed by atoms with Gasteiger partial charge >= 0.3 is 195 Å². The fraction of sp³-hybridized carbons (Fsp3) is 0.214.